The summed E-state index contributed by atoms with van der Waals surface area (Å²) in [4.78, 5) is 21.6. The van der Waals surface area contributed by atoms with E-state index in [1.165, 1.54) is 20.8 Å². The first-order valence-electron chi connectivity index (χ1n) is 3.57. The average Bonchev–Trinajstić information content (AvgIpc) is 1.85. The first-order chi connectivity index (χ1) is 5.27. The minimum absolute atomic E-state index is 0.612. The van der Waals surface area contributed by atoms with E-state index in [2.05, 4.69) is 5.32 Å². The highest BCUT2D eigenvalue weighted by atomic mass is 16.3. The van der Waals surface area contributed by atoms with Crippen LogP contribution in [0, 0.1) is 0 Å². The monoisotopic (exact) mass is 174 g/mol. The van der Waals surface area contributed by atoms with E-state index in [1.807, 2.05) is 0 Å². The summed E-state index contributed by atoms with van der Waals surface area (Å²) in [5, 5.41) is 11.1. The fourth-order valence-corrected chi connectivity index (χ4v) is 0.474. The lowest BCUT2D eigenvalue weighted by molar-refractivity contribution is -0.134. The summed E-state index contributed by atoms with van der Waals surface area (Å²) in [6.45, 7) is 4.25. The molecular weight excluding hydrogens is 160 g/mol. The maximum absolute atomic E-state index is 10.9. The molecule has 0 saturated carbocycles. The van der Waals surface area contributed by atoms with Crippen LogP contribution in [0.25, 0.3) is 0 Å². The molecule has 1 atom stereocenters. The average molecular weight is 174 g/mol. The molecule has 0 aromatic rings. The topological polar surface area (TPSA) is 92.4 Å². The largest absolute Gasteiger partial charge is 0.384 e. The van der Waals surface area contributed by atoms with Crippen LogP contribution >= 0.6 is 0 Å². The molecule has 70 valence electrons. The van der Waals surface area contributed by atoms with Crippen molar-refractivity contribution in [3.05, 3.63) is 0 Å². The Bertz CT molecular complexity index is 199. The molecule has 0 aliphatic carbocycles. The smallest absolute Gasteiger partial charge is 0.249 e. The van der Waals surface area contributed by atoms with Gasteiger partial charge in [-0.25, -0.2) is 0 Å². The van der Waals surface area contributed by atoms with Gasteiger partial charge in [-0.3, -0.25) is 9.59 Å². The van der Waals surface area contributed by atoms with Crippen LogP contribution < -0.4 is 11.1 Å². The van der Waals surface area contributed by atoms with Crippen molar-refractivity contribution in [1.29, 1.82) is 0 Å². The predicted molar refractivity (Wildman–Crippen MR) is 43.1 cm³/mol. The molecule has 5 nitrogen and oxygen atoms in total. The van der Waals surface area contributed by atoms with Crippen LogP contribution in [0.15, 0.2) is 0 Å². The van der Waals surface area contributed by atoms with Crippen LogP contribution in [0.5, 0.6) is 0 Å². The second-order valence-electron chi connectivity index (χ2n) is 3.15. The van der Waals surface area contributed by atoms with E-state index < -0.39 is 23.5 Å². The van der Waals surface area contributed by atoms with Gasteiger partial charge in [0.25, 0.3) is 0 Å². The second-order valence-corrected chi connectivity index (χ2v) is 3.15. The van der Waals surface area contributed by atoms with Crippen molar-refractivity contribution in [1.82, 2.24) is 5.32 Å². The minimum Gasteiger partial charge on any atom is -0.384 e. The van der Waals surface area contributed by atoms with Crippen molar-refractivity contribution >= 4 is 11.8 Å². The standard InChI is InChI=1S/C7H14N2O3/c1-4(10)5(11)9-7(2,3)6(8)12/h4,10H,1-3H3,(H2,8,12)(H,9,11)/t4-/m1/s1. The number of amides is 2. The van der Waals surface area contributed by atoms with Gasteiger partial charge in [0, 0.05) is 0 Å². The van der Waals surface area contributed by atoms with Gasteiger partial charge in [-0.2, -0.15) is 0 Å². The minimum atomic E-state index is -1.14. The molecule has 0 fully saturated rings. The maximum Gasteiger partial charge on any atom is 0.249 e. The lowest BCUT2D eigenvalue weighted by Gasteiger charge is -2.22. The number of carbonyl (C=O) groups excluding carboxylic acids is 2. The van der Waals surface area contributed by atoms with Crippen molar-refractivity contribution in [3.8, 4) is 0 Å². The first-order valence-corrected chi connectivity index (χ1v) is 3.57. The molecule has 0 spiro atoms. The molecule has 0 aliphatic heterocycles. The van der Waals surface area contributed by atoms with Gasteiger partial charge < -0.3 is 16.2 Å². The van der Waals surface area contributed by atoms with Gasteiger partial charge in [-0.05, 0) is 20.8 Å². The van der Waals surface area contributed by atoms with E-state index in [0.29, 0.717) is 0 Å². The van der Waals surface area contributed by atoms with E-state index in [9.17, 15) is 9.59 Å². The number of primary amides is 1. The first kappa shape index (κ1) is 10.9. The summed E-state index contributed by atoms with van der Waals surface area (Å²) in [7, 11) is 0. The fraction of sp³-hybridized carbons (Fsp3) is 0.714. The number of carbonyl (C=O) groups is 2. The fourth-order valence-electron chi connectivity index (χ4n) is 0.474. The highest BCUT2D eigenvalue weighted by Gasteiger charge is 2.27. The third-order valence-corrected chi connectivity index (χ3v) is 1.43. The molecule has 5 heteroatoms. The summed E-state index contributed by atoms with van der Waals surface area (Å²) < 4.78 is 0. The number of hydrogen-bond donors (Lipinski definition) is 3. The zero-order chi connectivity index (χ0) is 9.94. The maximum atomic E-state index is 10.9. The summed E-state index contributed by atoms with van der Waals surface area (Å²) in [6.07, 6.45) is -1.14. The van der Waals surface area contributed by atoms with Crippen molar-refractivity contribution in [2.75, 3.05) is 0 Å². The highest BCUT2D eigenvalue weighted by molar-refractivity contribution is 5.90. The van der Waals surface area contributed by atoms with Crippen molar-refractivity contribution in [2.24, 2.45) is 5.73 Å². The molecule has 12 heavy (non-hydrogen) atoms. The predicted octanol–water partition coefficient (Wildman–Crippen LogP) is -1.25. The third kappa shape index (κ3) is 2.87. The number of rotatable bonds is 3. The quantitative estimate of drug-likeness (QED) is 0.499. The molecule has 0 bridgehead atoms. The number of nitrogens with one attached hydrogen (secondary N) is 1. The Balaban J connectivity index is 4.25. The molecule has 0 aromatic heterocycles. The van der Waals surface area contributed by atoms with Crippen molar-refractivity contribution in [3.63, 3.8) is 0 Å². The van der Waals surface area contributed by atoms with Crippen molar-refractivity contribution < 1.29 is 14.7 Å². The lowest BCUT2D eigenvalue weighted by atomic mass is 10.0. The van der Waals surface area contributed by atoms with Gasteiger partial charge in [0.05, 0.1) is 0 Å². The number of nitrogens with two attached hydrogens (primary N) is 1. The van der Waals surface area contributed by atoms with Gasteiger partial charge in [-0.1, -0.05) is 0 Å². The van der Waals surface area contributed by atoms with E-state index in [1.54, 1.807) is 0 Å². The molecule has 0 radical (unpaired) electrons. The van der Waals surface area contributed by atoms with Gasteiger partial charge in [0.1, 0.15) is 11.6 Å². The van der Waals surface area contributed by atoms with Crippen LogP contribution in [0.3, 0.4) is 0 Å². The SMILES string of the molecule is C[C@@H](O)C(=O)NC(C)(C)C(N)=O. The molecular formula is C7H14N2O3. The molecule has 2 amide bonds. The molecule has 4 N–H and O–H groups in total. The highest BCUT2D eigenvalue weighted by Crippen LogP contribution is 2.00. The van der Waals surface area contributed by atoms with Crippen LogP contribution in [-0.4, -0.2) is 28.6 Å². The number of aliphatic hydroxyl groups excluding tert-OH is 1. The van der Waals surface area contributed by atoms with Gasteiger partial charge in [0.2, 0.25) is 11.8 Å². The zero-order valence-corrected chi connectivity index (χ0v) is 7.42. The molecule has 0 unspecified atom stereocenters. The Hall–Kier alpha value is -1.10. The lowest BCUT2D eigenvalue weighted by Crippen LogP contribution is -2.55. The second kappa shape index (κ2) is 3.53. The van der Waals surface area contributed by atoms with Crippen LogP contribution in [0.2, 0.25) is 0 Å². The van der Waals surface area contributed by atoms with E-state index in [4.69, 9.17) is 10.8 Å². The molecule has 0 aromatic carbocycles. The zero-order valence-electron chi connectivity index (χ0n) is 7.42. The van der Waals surface area contributed by atoms with Crippen LogP contribution in [-0.2, 0) is 9.59 Å². The Morgan fingerprint density at radius 3 is 2.17 bits per heavy atom. The Morgan fingerprint density at radius 2 is 1.92 bits per heavy atom. The van der Waals surface area contributed by atoms with Gasteiger partial charge in [-0.15, -0.1) is 0 Å². The normalized spacial score (nSPS) is 13.7. The van der Waals surface area contributed by atoms with Crippen molar-refractivity contribution in [2.45, 2.75) is 32.4 Å². The van der Waals surface area contributed by atoms with E-state index in [0.717, 1.165) is 0 Å². The Morgan fingerprint density at radius 1 is 1.50 bits per heavy atom. The summed E-state index contributed by atoms with van der Waals surface area (Å²) in [5.41, 5.74) is 3.87. The molecule has 0 rings (SSSR count). The van der Waals surface area contributed by atoms with Crippen LogP contribution in [0.1, 0.15) is 20.8 Å². The third-order valence-electron chi connectivity index (χ3n) is 1.43. The van der Waals surface area contributed by atoms with Gasteiger partial charge in [0.15, 0.2) is 0 Å². The summed E-state index contributed by atoms with van der Waals surface area (Å²) >= 11 is 0. The molecule has 0 saturated heterocycles. The molecule has 0 aliphatic rings. The molecule has 0 heterocycles. The van der Waals surface area contributed by atoms with E-state index >= 15 is 0 Å². The number of hydrogen-bond acceptors (Lipinski definition) is 3. The summed E-state index contributed by atoms with van der Waals surface area (Å²) in [6, 6.07) is 0. The summed E-state index contributed by atoms with van der Waals surface area (Å²) in [5.74, 6) is -1.25. The van der Waals surface area contributed by atoms with Crippen LogP contribution in [0.4, 0.5) is 0 Å². The van der Waals surface area contributed by atoms with E-state index in [-0.39, 0.29) is 0 Å². The Labute approximate surface area is 70.9 Å². The van der Waals surface area contributed by atoms with Gasteiger partial charge >= 0.3 is 0 Å². The number of aliphatic hydroxyl groups is 1. The Kier molecular flexibility index (Phi) is 3.21.